The Morgan fingerprint density at radius 3 is 2.31 bits per heavy atom. The Morgan fingerprint density at radius 2 is 1.63 bits per heavy atom. The molecule has 3 aliphatic heterocycles. The molecule has 8 rings (SSSR count). The van der Waals surface area contributed by atoms with Gasteiger partial charge in [0.2, 0.25) is 0 Å². The lowest BCUT2D eigenvalue weighted by atomic mass is 9.41. The topological polar surface area (TPSA) is 150 Å². The van der Waals surface area contributed by atoms with Gasteiger partial charge in [-0.25, -0.2) is 0 Å². The first-order valence-corrected chi connectivity index (χ1v) is 19.9. The number of rotatable bonds is 7. The van der Waals surface area contributed by atoms with Gasteiger partial charge in [0.1, 0.15) is 30.0 Å². The molecule has 0 aromatic rings. The Bertz CT molecular complexity index is 1510. The van der Waals surface area contributed by atoms with E-state index in [0.717, 1.165) is 51.4 Å². The Balaban J connectivity index is 1.03. The molecule has 0 aromatic carbocycles. The fourth-order valence-electron chi connectivity index (χ4n) is 14.8. The molecule has 3 heterocycles. The van der Waals surface area contributed by atoms with Gasteiger partial charge in [0, 0.05) is 18.3 Å². The van der Waals surface area contributed by atoms with E-state index in [1.54, 1.807) is 6.92 Å². The molecule has 2 bridgehead atoms. The SMILES string of the molecule is CC=C(C=O)OC1COC(OC2CCC34CC35CCC3(C)C6C(C)CC7OC6(OC7C(C)(C)OC(C)=O)C(O)C3(C)C5CCC4C2(C)C)C(O)C1O. The molecule has 8 aliphatic rings. The number of carbonyl (C=O) groups is 2. The number of aliphatic hydroxyl groups excluding tert-OH is 3. The summed E-state index contributed by atoms with van der Waals surface area (Å²) in [6.07, 6.45) is 3.81. The largest absolute Gasteiger partial charge is 0.482 e. The fourth-order valence-corrected chi connectivity index (χ4v) is 14.8. The van der Waals surface area contributed by atoms with E-state index in [4.69, 9.17) is 28.4 Å². The number of aliphatic hydroxyl groups is 3. The first-order valence-electron chi connectivity index (χ1n) is 19.9. The summed E-state index contributed by atoms with van der Waals surface area (Å²) >= 11 is 0. The van der Waals surface area contributed by atoms with E-state index in [-0.39, 0.29) is 64.0 Å². The van der Waals surface area contributed by atoms with Crippen LogP contribution in [-0.4, -0.2) is 94.6 Å². The summed E-state index contributed by atoms with van der Waals surface area (Å²) in [5, 5.41) is 34.8. The molecule has 3 spiro atoms. The number of esters is 1. The van der Waals surface area contributed by atoms with Crippen LogP contribution in [0.3, 0.4) is 0 Å². The molecule has 3 N–H and O–H groups in total. The van der Waals surface area contributed by atoms with Crippen molar-refractivity contribution in [1.82, 2.24) is 0 Å². The van der Waals surface area contributed by atoms with Gasteiger partial charge in [0.15, 0.2) is 30.2 Å². The Kier molecular flexibility index (Phi) is 8.41. The van der Waals surface area contributed by atoms with Gasteiger partial charge in [-0.2, -0.15) is 0 Å². The molecule has 292 valence electrons. The van der Waals surface area contributed by atoms with Crippen molar-refractivity contribution < 1.29 is 53.3 Å². The van der Waals surface area contributed by atoms with Gasteiger partial charge in [-0.05, 0) is 118 Å². The highest BCUT2D eigenvalue weighted by Gasteiger charge is 2.88. The average Bonchev–Trinajstić information content (AvgIpc) is 3.59. The number of ether oxygens (including phenoxy) is 6. The highest BCUT2D eigenvalue weighted by atomic mass is 16.8. The van der Waals surface area contributed by atoms with E-state index in [1.807, 2.05) is 13.8 Å². The van der Waals surface area contributed by atoms with Gasteiger partial charge in [0.25, 0.3) is 0 Å². The van der Waals surface area contributed by atoms with Gasteiger partial charge in [-0.15, -0.1) is 0 Å². The molecule has 0 radical (unpaired) electrons. The predicted molar refractivity (Wildman–Crippen MR) is 187 cm³/mol. The summed E-state index contributed by atoms with van der Waals surface area (Å²) in [5.41, 5.74) is -1.50. The number of hydrogen-bond donors (Lipinski definition) is 3. The van der Waals surface area contributed by atoms with Crippen LogP contribution < -0.4 is 0 Å². The minimum absolute atomic E-state index is 0.00364. The highest BCUT2D eigenvalue weighted by molar-refractivity contribution is 5.70. The minimum Gasteiger partial charge on any atom is -0.482 e. The number of allylic oxidation sites excluding steroid dienone is 2. The first kappa shape index (κ1) is 37.3. The normalized spacial score (nSPS) is 54.5. The van der Waals surface area contributed by atoms with Crippen molar-refractivity contribution in [3.8, 4) is 0 Å². The molecule has 52 heavy (non-hydrogen) atoms. The molecular formula is C41H62O11. The van der Waals surface area contributed by atoms with Crippen LogP contribution in [0.5, 0.6) is 0 Å². The van der Waals surface area contributed by atoms with Gasteiger partial charge < -0.3 is 43.7 Å². The summed E-state index contributed by atoms with van der Waals surface area (Å²) in [6, 6.07) is 0. The van der Waals surface area contributed by atoms with Crippen LogP contribution in [0, 0.1) is 50.7 Å². The molecule has 3 saturated heterocycles. The maximum atomic E-state index is 12.9. The first-order chi connectivity index (χ1) is 24.3. The molecule has 17 atom stereocenters. The van der Waals surface area contributed by atoms with E-state index in [2.05, 4.69) is 34.6 Å². The second-order valence-corrected chi connectivity index (χ2v) is 19.7. The maximum Gasteiger partial charge on any atom is 0.303 e. The van der Waals surface area contributed by atoms with Gasteiger partial charge in [0.05, 0.1) is 18.8 Å². The van der Waals surface area contributed by atoms with Crippen LogP contribution >= 0.6 is 0 Å². The van der Waals surface area contributed by atoms with Crippen LogP contribution in [0.25, 0.3) is 0 Å². The Hall–Kier alpha value is -1.60. The summed E-state index contributed by atoms with van der Waals surface area (Å²) in [4.78, 5) is 23.4. The Morgan fingerprint density at radius 1 is 0.942 bits per heavy atom. The summed E-state index contributed by atoms with van der Waals surface area (Å²) in [7, 11) is 0. The third-order valence-corrected chi connectivity index (χ3v) is 16.9. The van der Waals surface area contributed by atoms with Crippen molar-refractivity contribution in [3.63, 3.8) is 0 Å². The molecule has 11 heteroatoms. The number of hydrogen-bond acceptors (Lipinski definition) is 11. The summed E-state index contributed by atoms with van der Waals surface area (Å²) in [6.45, 7) is 18.5. The standard InChI is InChI=1S/C41H62O11/c1-10-23(18-42)48-25-19-47-33(30(45)29(25)44)49-28-13-14-39-20-40(39)16-15-37(8)31-21(2)17-24-32(36(6,7)50-22(3)43)52-41(31,51-24)34(46)38(37,9)27(40)12-11-26(39)35(28,4)5/h10,18,21,24-34,44-46H,11-17,19-20H2,1-9H3. The lowest BCUT2D eigenvalue weighted by Crippen LogP contribution is -2.61. The minimum atomic E-state index is -1.32. The summed E-state index contributed by atoms with van der Waals surface area (Å²) in [5.74, 6) is -0.413. The van der Waals surface area contributed by atoms with Crippen molar-refractivity contribution >= 4 is 12.3 Å². The highest BCUT2D eigenvalue weighted by Crippen LogP contribution is 2.90. The monoisotopic (exact) mass is 730 g/mol. The second-order valence-electron chi connectivity index (χ2n) is 19.7. The quantitative estimate of drug-likeness (QED) is 0.109. The fraction of sp³-hybridized carbons (Fsp3) is 0.902. The molecule has 11 nitrogen and oxygen atoms in total. The lowest BCUT2D eigenvalue weighted by molar-refractivity contribution is -0.304. The van der Waals surface area contributed by atoms with Crippen LogP contribution in [0.2, 0.25) is 0 Å². The van der Waals surface area contributed by atoms with Crippen molar-refractivity contribution in [2.24, 2.45) is 50.7 Å². The van der Waals surface area contributed by atoms with E-state index in [0.29, 0.717) is 18.1 Å². The van der Waals surface area contributed by atoms with Crippen LogP contribution in [0.15, 0.2) is 11.8 Å². The van der Waals surface area contributed by atoms with Crippen LogP contribution in [-0.2, 0) is 38.0 Å². The lowest BCUT2D eigenvalue weighted by Gasteiger charge is -2.63. The smallest absolute Gasteiger partial charge is 0.303 e. The maximum absolute atomic E-state index is 12.9. The zero-order valence-electron chi connectivity index (χ0n) is 32.6. The molecule has 17 unspecified atom stereocenters. The predicted octanol–water partition coefficient (Wildman–Crippen LogP) is 4.82. The van der Waals surface area contributed by atoms with Crippen LogP contribution in [0.1, 0.15) is 114 Å². The van der Waals surface area contributed by atoms with E-state index < -0.39 is 53.6 Å². The Labute approximate surface area is 308 Å². The summed E-state index contributed by atoms with van der Waals surface area (Å²) < 4.78 is 37.9. The number of carbonyl (C=O) groups excluding carboxylic acids is 2. The second kappa shape index (κ2) is 11.7. The number of fused-ring (bicyclic) bond motifs is 4. The third-order valence-electron chi connectivity index (χ3n) is 16.9. The average molecular weight is 731 g/mol. The zero-order valence-corrected chi connectivity index (χ0v) is 32.6. The molecule has 5 aliphatic carbocycles. The van der Waals surface area contributed by atoms with Crippen molar-refractivity contribution in [2.45, 2.75) is 174 Å². The molecular weight excluding hydrogens is 668 g/mol. The molecule has 0 aromatic heterocycles. The van der Waals surface area contributed by atoms with Gasteiger partial charge in [-0.1, -0.05) is 34.6 Å². The van der Waals surface area contributed by atoms with Gasteiger partial charge in [-0.3, -0.25) is 9.59 Å². The number of aldehydes is 1. The zero-order chi connectivity index (χ0) is 37.6. The van der Waals surface area contributed by atoms with E-state index >= 15 is 0 Å². The van der Waals surface area contributed by atoms with Crippen LogP contribution in [0.4, 0.5) is 0 Å². The molecule has 8 fully saturated rings. The molecule has 0 amide bonds. The van der Waals surface area contributed by atoms with Gasteiger partial charge >= 0.3 is 5.97 Å². The van der Waals surface area contributed by atoms with Crippen molar-refractivity contribution in [2.75, 3.05) is 6.61 Å². The van der Waals surface area contributed by atoms with Crippen molar-refractivity contribution in [3.05, 3.63) is 11.8 Å². The van der Waals surface area contributed by atoms with E-state index in [9.17, 15) is 24.9 Å². The van der Waals surface area contributed by atoms with E-state index in [1.165, 1.54) is 13.0 Å². The molecule has 5 saturated carbocycles. The van der Waals surface area contributed by atoms with Crippen molar-refractivity contribution in [1.29, 1.82) is 0 Å². The third kappa shape index (κ3) is 4.56.